The molecule has 3 N–H and O–H groups in total. The predicted octanol–water partition coefficient (Wildman–Crippen LogP) is 2.74. The number of fused-ring (bicyclic) bond motifs is 5. The third-order valence-electron chi connectivity index (χ3n) is 9.49. The molecule has 0 bridgehead atoms. The number of Topliss-reactive ketones (excluding diaryl/α,β-unsaturated/α-hetero) is 1. The van der Waals surface area contributed by atoms with Crippen molar-refractivity contribution in [3.63, 3.8) is 0 Å². The van der Waals surface area contributed by atoms with Gasteiger partial charge in [0, 0.05) is 31.3 Å². The van der Waals surface area contributed by atoms with Crippen LogP contribution in [0.15, 0.2) is 11.8 Å². The summed E-state index contributed by atoms with van der Waals surface area (Å²) >= 11 is 0. The molecule has 4 fully saturated rings. The molecule has 0 heterocycles. The van der Waals surface area contributed by atoms with Crippen LogP contribution in [0, 0.1) is 34.5 Å². The van der Waals surface area contributed by atoms with Crippen molar-refractivity contribution in [2.45, 2.75) is 71.3 Å². The van der Waals surface area contributed by atoms with Gasteiger partial charge in [0.15, 0.2) is 5.78 Å². The Morgan fingerprint density at radius 3 is 2.38 bits per heavy atom. The van der Waals surface area contributed by atoms with Crippen molar-refractivity contribution >= 4 is 5.78 Å². The fraction of sp³-hybridized carbons (Fsp3) is 0.875. The van der Waals surface area contributed by atoms with Gasteiger partial charge in [0.2, 0.25) is 0 Å². The number of carbonyl (C=O) groups excluding carboxylic acids is 1. The number of hydrogen-bond donors (Lipinski definition) is 3. The monoisotopic (exact) mass is 405 g/mol. The SMILES string of the molecule is CC12CCC3C(CCC4CC(=O)/C(=C\N(CCO)CCO)CC43C)C1CCC2O. The molecule has 4 saturated carbocycles. The van der Waals surface area contributed by atoms with E-state index in [0.717, 1.165) is 37.7 Å². The summed E-state index contributed by atoms with van der Waals surface area (Å²) in [5.74, 6) is 2.65. The highest BCUT2D eigenvalue weighted by Crippen LogP contribution is 2.66. The Morgan fingerprint density at radius 1 is 1.00 bits per heavy atom. The molecule has 7 atom stereocenters. The normalized spacial score (nSPS) is 45.6. The minimum absolute atomic E-state index is 0.0190. The highest BCUT2D eigenvalue weighted by Gasteiger charge is 2.60. The molecule has 4 aliphatic carbocycles. The standard InChI is InChI=1S/C24H39NO4/c1-23-8-7-20-18(19(23)5-6-22(23)29)4-3-17-13-21(28)16(14-24(17,20)2)15-25(9-11-26)10-12-27/h15,17-20,22,26-27,29H,3-14H2,1-2H3/b16-15-. The van der Waals surface area contributed by atoms with Gasteiger partial charge in [-0.05, 0) is 79.4 Å². The fourth-order valence-electron chi connectivity index (χ4n) is 7.82. The Balaban J connectivity index is 1.59. The highest BCUT2D eigenvalue weighted by molar-refractivity contribution is 5.96. The summed E-state index contributed by atoms with van der Waals surface area (Å²) in [6, 6.07) is 0. The Kier molecular flexibility index (Phi) is 5.86. The summed E-state index contributed by atoms with van der Waals surface area (Å²) < 4.78 is 0. The first kappa shape index (κ1) is 21.3. The van der Waals surface area contributed by atoms with Crippen molar-refractivity contribution in [2.24, 2.45) is 34.5 Å². The highest BCUT2D eigenvalue weighted by atomic mass is 16.3. The van der Waals surface area contributed by atoms with Crippen molar-refractivity contribution in [3.8, 4) is 0 Å². The molecule has 0 aromatic rings. The largest absolute Gasteiger partial charge is 0.395 e. The zero-order chi connectivity index (χ0) is 20.8. The van der Waals surface area contributed by atoms with E-state index in [1.165, 1.54) is 12.8 Å². The van der Waals surface area contributed by atoms with Crippen LogP contribution in [0.25, 0.3) is 0 Å². The molecule has 0 spiro atoms. The quantitative estimate of drug-likeness (QED) is 0.613. The van der Waals surface area contributed by atoms with Gasteiger partial charge in [0.25, 0.3) is 0 Å². The molecule has 4 aliphatic rings. The second-order valence-corrected chi connectivity index (χ2v) is 10.7. The van der Waals surface area contributed by atoms with Crippen molar-refractivity contribution < 1.29 is 20.1 Å². The van der Waals surface area contributed by atoms with E-state index in [4.69, 9.17) is 0 Å². The Hall–Kier alpha value is -0.910. The van der Waals surface area contributed by atoms with Crippen molar-refractivity contribution in [1.29, 1.82) is 0 Å². The van der Waals surface area contributed by atoms with Gasteiger partial charge in [0.1, 0.15) is 0 Å². The van der Waals surface area contributed by atoms with Crippen LogP contribution in [0.2, 0.25) is 0 Å². The summed E-state index contributed by atoms with van der Waals surface area (Å²) in [7, 11) is 0. The number of hydrogen-bond acceptors (Lipinski definition) is 5. The van der Waals surface area contributed by atoms with Crippen LogP contribution in [0.1, 0.15) is 65.2 Å². The van der Waals surface area contributed by atoms with Gasteiger partial charge < -0.3 is 20.2 Å². The smallest absolute Gasteiger partial charge is 0.160 e. The summed E-state index contributed by atoms with van der Waals surface area (Å²) in [5, 5.41) is 29.3. The van der Waals surface area contributed by atoms with Gasteiger partial charge in [0.05, 0.1) is 19.3 Å². The first-order valence-electron chi connectivity index (χ1n) is 11.7. The van der Waals surface area contributed by atoms with E-state index in [-0.39, 0.29) is 35.9 Å². The van der Waals surface area contributed by atoms with E-state index in [0.29, 0.717) is 43.2 Å². The zero-order valence-corrected chi connectivity index (χ0v) is 18.1. The first-order valence-corrected chi connectivity index (χ1v) is 11.7. The molecule has 0 saturated heterocycles. The summed E-state index contributed by atoms with van der Waals surface area (Å²) in [5.41, 5.74) is 1.11. The molecule has 4 rings (SSSR count). The average Bonchev–Trinajstić information content (AvgIpc) is 2.98. The molecule has 0 aromatic heterocycles. The minimum atomic E-state index is -0.145. The lowest BCUT2D eigenvalue weighted by molar-refractivity contribution is -0.135. The molecule has 0 radical (unpaired) electrons. The van der Waals surface area contributed by atoms with Crippen molar-refractivity contribution in [3.05, 3.63) is 11.8 Å². The molecule has 5 heteroatoms. The molecule has 164 valence electrons. The van der Waals surface area contributed by atoms with Crippen LogP contribution < -0.4 is 0 Å². The van der Waals surface area contributed by atoms with E-state index < -0.39 is 0 Å². The molecule has 7 unspecified atom stereocenters. The lowest BCUT2D eigenvalue weighted by Crippen LogP contribution is -2.54. The zero-order valence-electron chi connectivity index (χ0n) is 18.1. The van der Waals surface area contributed by atoms with Crippen LogP contribution in [0.4, 0.5) is 0 Å². The average molecular weight is 406 g/mol. The number of allylic oxidation sites excluding steroid dienone is 1. The molecule has 0 aliphatic heterocycles. The minimum Gasteiger partial charge on any atom is -0.395 e. The van der Waals surface area contributed by atoms with E-state index in [9.17, 15) is 20.1 Å². The number of ketones is 1. The summed E-state index contributed by atoms with van der Waals surface area (Å²) in [6.07, 6.45) is 9.96. The van der Waals surface area contributed by atoms with Crippen LogP contribution in [0.5, 0.6) is 0 Å². The predicted molar refractivity (Wildman–Crippen MR) is 112 cm³/mol. The van der Waals surface area contributed by atoms with Crippen LogP contribution in [0.3, 0.4) is 0 Å². The van der Waals surface area contributed by atoms with Gasteiger partial charge in [-0.3, -0.25) is 4.79 Å². The molecular weight excluding hydrogens is 366 g/mol. The molecule has 0 amide bonds. The number of aliphatic hydroxyl groups excluding tert-OH is 3. The van der Waals surface area contributed by atoms with Crippen LogP contribution in [-0.2, 0) is 4.79 Å². The topological polar surface area (TPSA) is 81.0 Å². The maximum absolute atomic E-state index is 12.9. The second kappa shape index (κ2) is 7.97. The maximum atomic E-state index is 12.9. The van der Waals surface area contributed by atoms with Crippen molar-refractivity contribution in [1.82, 2.24) is 4.90 Å². The van der Waals surface area contributed by atoms with Gasteiger partial charge in [-0.15, -0.1) is 0 Å². The van der Waals surface area contributed by atoms with E-state index in [2.05, 4.69) is 13.8 Å². The third kappa shape index (κ3) is 3.47. The number of rotatable bonds is 5. The lowest BCUT2D eigenvalue weighted by Gasteiger charge is -2.60. The second-order valence-electron chi connectivity index (χ2n) is 10.7. The summed E-state index contributed by atoms with van der Waals surface area (Å²) in [4.78, 5) is 14.8. The Labute approximate surface area is 175 Å². The van der Waals surface area contributed by atoms with E-state index >= 15 is 0 Å². The Morgan fingerprint density at radius 2 is 1.69 bits per heavy atom. The van der Waals surface area contributed by atoms with E-state index in [1.54, 1.807) is 0 Å². The number of aliphatic hydroxyl groups is 3. The van der Waals surface area contributed by atoms with Crippen LogP contribution >= 0.6 is 0 Å². The maximum Gasteiger partial charge on any atom is 0.160 e. The van der Waals surface area contributed by atoms with Gasteiger partial charge in [-0.25, -0.2) is 0 Å². The molecular formula is C24H39NO4. The molecule has 0 aromatic carbocycles. The number of nitrogens with zero attached hydrogens (tertiary/aromatic N) is 1. The summed E-state index contributed by atoms with van der Waals surface area (Å²) in [6.45, 7) is 5.67. The first-order chi connectivity index (χ1) is 13.8. The molecule has 5 nitrogen and oxygen atoms in total. The number of carbonyl (C=O) groups is 1. The van der Waals surface area contributed by atoms with Gasteiger partial charge >= 0.3 is 0 Å². The van der Waals surface area contributed by atoms with Gasteiger partial charge in [-0.2, -0.15) is 0 Å². The van der Waals surface area contributed by atoms with Crippen molar-refractivity contribution in [2.75, 3.05) is 26.3 Å². The molecule has 29 heavy (non-hydrogen) atoms. The fourth-order valence-corrected chi connectivity index (χ4v) is 7.82. The van der Waals surface area contributed by atoms with E-state index in [1.807, 2.05) is 11.1 Å². The third-order valence-corrected chi connectivity index (χ3v) is 9.49. The lowest BCUT2D eigenvalue weighted by atomic mass is 9.45. The van der Waals surface area contributed by atoms with Gasteiger partial charge in [-0.1, -0.05) is 13.8 Å². The van der Waals surface area contributed by atoms with Crippen LogP contribution in [-0.4, -0.2) is 58.4 Å². The Bertz CT molecular complexity index is 657.